The summed E-state index contributed by atoms with van der Waals surface area (Å²) >= 11 is 0. The number of nitrogen functional groups attached to an aromatic ring is 1. The number of nitrogens with two attached hydrogens (primary N) is 1. The fourth-order valence-electron chi connectivity index (χ4n) is 0.914. The second-order valence-corrected chi connectivity index (χ2v) is 3.28. The van der Waals surface area contributed by atoms with E-state index in [-0.39, 0.29) is 11.8 Å². The number of rotatable bonds is 3. The number of carbonyl (C=O) groups excluding carboxylic acids is 1. The second-order valence-electron chi connectivity index (χ2n) is 3.28. The van der Waals surface area contributed by atoms with Gasteiger partial charge in [0.05, 0.1) is 11.9 Å². The summed E-state index contributed by atoms with van der Waals surface area (Å²) in [7, 11) is 0. The average molecular weight is 193 g/mol. The summed E-state index contributed by atoms with van der Waals surface area (Å²) in [5, 5.41) is 2.71. The lowest BCUT2D eigenvalue weighted by Gasteiger charge is -2.08. The molecule has 1 atom stereocenters. The van der Waals surface area contributed by atoms with Gasteiger partial charge in [-0.2, -0.15) is 0 Å². The lowest BCUT2D eigenvalue weighted by atomic mass is 10.1. The first-order valence-electron chi connectivity index (χ1n) is 4.66. The lowest BCUT2D eigenvalue weighted by molar-refractivity contribution is -0.119. The first-order valence-corrected chi connectivity index (χ1v) is 4.66. The molecule has 76 valence electrons. The molecule has 4 nitrogen and oxygen atoms in total. The molecule has 14 heavy (non-hydrogen) atoms. The molecule has 0 aromatic carbocycles. The Morgan fingerprint density at radius 1 is 1.64 bits per heavy atom. The molecule has 3 N–H and O–H groups in total. The maximum atomic E-state index is 11.4. The van der Waals surface area contributed by atoms with Gasteiger partial charge in [0.25, 0.3) is 0 Å². The number of pyridine rings is 1. The Morgan fingerprint density at radius 3 is 2.86 bits per heavy atom. The van der Waals surface area contributed by atoms with E-state index in [9.17, 15) is 4.79 Å². The molecule has 4 heteroatoms. The van der Waals surface area contributed by atoms with Crippen molar-refractivity contribution in [2.45, 2.75) is 20.3 Å². The van der Waals surface area contributed by atoms with E-state index < -0.39 is 0 Å². The summed E-state index contributed by atoms with van der Waals surface area (Å²) < 4.78 is 0. The summed E-state index contributed by atoms with van der Waals surface area (Å²) in [6.07, 6.45) is 2.34. The molecule has 0 spiro atoms. The predicted octanol–water partition coefficient (Wildman–Crippen LogP) is 1.65. The van der Waals surface area contributed by atoms with E-state index in [1.54, 1.807) is 12.1 Å². The minimum Gasteiger partial charge on any atom is -0.397 e. The molecule has 1 unspecified atom stereocenters. The van der Waals surface area contributed by atoms with Crippen molar-refractivity contribution in [2.75, 3.05) is 11.1 Å². The van der Waals surface area contributed by atoms with Crippen LogP contribution in [-0.4, -0.2) is 10.9 Å². The first-order chi connectivity index (χ1) is 6.63. The van der Waals surface area contributed by atoms with Crippen LogP contribution < -0.4 is 11.1 Å². The van der Waals surface area contributed by atoms with Gasteiger partial charge in [0.2, 0.25) is 5.91 Å². The van der Waals surface area contributed by atoms with E-state index in [1.807, 2.05) is 13.8 Å². The quantitative estimate of drug-likeness (QED) is 0.766. The Kier molecular flexibility index (Phi) is 3.45. The molecule has 0 fully saturated rings. The molecule has 1 rings (SSSR count). The molecule has 1 heterocycles. The van der Waals surface area contributed by atoms with Gasteiger partial charge in [-0.15, -0.1) is 0 Å². The van der Waals surface area contributed by atoms with Gasteiger partial charge in [0, 0.05) is 5.92 Å². The standard InChI is InChI=1S/C10H15N3O/c1-3-7(2)10(14)13-9-5-4-8(11)6-12-9/h4-7H,3,11H2,1-2H3,(H,12,13,14). The molecule has 0 aliphatic heterocycles. The highest BCUT2D eigenvalue weighted by atomic mass is 16.1. The highest BCUT2D eigenvalue weighted by Crippen LogP contribution is 2.09. The SMILES string of the molecule is CCC(C)C(=O)Nc1ccc(N)cn1. The van der Waals surface area contributed by atoms with Gasteiger partial charge in [0.15, 0.2) is 0 Å². The maximum Gasteiger partial charge on any atom is 0.228 e. The van der Waals surface area contributed by atoms with Crippen LogP contribution in [0, 0.1) is 5.92 Å². The smallest absolute Gasteiger partial charge is 0.228 e. The van der Waals surface area contributed by atoms with Crippen molar-refractivity contribution in [3.63, 3.8) is 0 Å². The number of anilines is 2. The fraction of sp³-hybridized carbons (Fsp3) is 0.400. The third-order valence-corrected chi connectivity index (χ3v) is 2.10. The van der Waals surface area contributed by atoms with Crippen LogP contribution in [0.3, 0.4) is 0 Å². The van der Waals surface area contributed by atoms with Crippen LogP contribution in [0.2, 0.25) is 0 Å². The predicted molar refractivity (Wildman–Crippen MR) is 56.7 cm³/mol. The number of carbonyl (C=O) groups is 1. The Labute approximate surface area is 83.5 Å². The van der Waals surface area contributed by atoms with E-state index in [2.05, 4.69) is 10.3 Å². The van der Waals surface area contributed by atoms with Gasteiger partial charge in [-0.25, -0.2) is 4.98 Å². The van der Waals surface area contributed by atoms with Crippen molar-refractivity contribution < 1.29 is 4.79 Å². The van der Waals surface area contributed by atoms with Crippen LogP contribution in [0.15, 0.2) is 18.3 Å². The Morgan fingerprint density at radius 2 is 2.36 bits per heavy atom. The molecule has 0 radical (unpaired) electrons. The second kappa shape index (κ2) is 4.60. The zero-order chi connectivity index (χ0) is 10.6. The Hall–Kier alpha value is -1.58. The van der Waals surface area contributed by atoms with Crippen LogP contribution in [0.25, 0.3) is 0 Å². The van der Waals surface area contributed by atoms with Crippen molar-refractivity contribution in [3.8, 4) is 0 Å². The monoisotopic (exact) mass is 193 g/mol. The molecule has 0 saturated carbocycles. The van der Waals surface area contributed by atoms with E-state index in [0.29, 0.717) is 11.5 Å². The summed E-state index contributed by atoms with van der Waals surface area (Å²) in [5.74, 6) is 0.545. The van der Waals surface area contributed by atoms with Crippen molar-refractivity contribution >= 4 is 17.4 Å². The Bertz CT molecular complexity index is 308. The van der Waals surface area contributed by atoms with E-state index >= 15 is 0 Å². The van der Waals surface area contributed by atoms with Crippen LogP contribution in [0.4, 0.5) is 11.5 Å². The molecule has 1 aromatic rings. The number of nitrogens with one attached hydrogen (secondary N) is 1. The van der Waals surface area contributed by atoms with Gasteiger partial charge >= 0.3 is 0 Å². The third kappa shape index (κ3) is 2.73. The largest absolute Gasteiger partial charge is 0.397 e. The molecule has 0 aliphatic rings. The third-order valence-electron chi connectivity index (χ3n) is 2.10. The first kappa shape index (κ1) is 10.5. The summed E-state index contributed by atoms with van der Waals surface area (Å²) in [6.45, 7) is 3.85. The van der Waals surface area contributed by atoms with E-state index in [1.165, 1.54) is 6.20 Å². The minimum absolute atomic E-state index is 0.00866. The zero-order valence-corrected chi connectivity index (χ0v) is 8.45. The summed E-state index contributed by atoms with van der Waals surface area (Å²) in [6, 6.07) is 3.40. The zero-order valence-electron chi connectivity index (χ0n) is 8.45. The molecule has 1 aromatic heterocycles. The maximum absolute atomic E-state index is 11.4. The van der Waals surface area contributed by atoms with Crippen molar-refractivity contribution in [1.29, 1.82) is 0 Å². The topological polar surface area (TPSA) is 68.0 Å². The van der Waals surface area contributed by atoms with Crippen LogP contribution in [0.1, 0.15) is 20.3 Å². The lowest BCUT2D eigenvalue weighted by Crippen LogP contribution is -2.20. The number of aromatic nitrogens is 1. The van der Waals surface area contributed by atoms with Gasteiger partial charge in [0.1, 0.15) is 5.82 Å². The van der Waals surface area contributed by atoms with Crippen LogP contribution >= 0.6 is 0 Å². The highest BCUT2D eigenvalue weighted by molar-refractivity contribution is 5.91. The van der Waals surface area contributed by atoms with Gasteiger partial charge in [-0.05, 0) is 18.6 Å². The van der Waals surface area contributed by atoms with Gasteiger partial charge < -0.3 is 11.1 Å². The molecular weight excluding hydrogens is 178 g/mol. The molecule has 0 bridgehead atoms. The number of hydrogen-bond acceptors (Lipinski definition) is 3. The highest BCUT2D eigenvalue weighted by Gasteiger charge is 2.10. The van der Waals surface area contributed by atoms with Crippen molar-refractivity contribution in [1.82, 2.24) is 4.98 Å². The minimum atomic E-state index is -0.00947. The summed E-state index contributed by atoms with van der Waals surface area (Å²) in [4.78, 5) is 15.4. The number of hydrogen-bond donors (Lipinski definition) is 2. The number of amides is 1. The Balaban J connectivity index is 2.60. The van der Waals surface area contributed by atoms with Crippen molar-refractivity contribution in [2.24, 2.45) is 5.92 Å². The molecule has 0 aliphatic carbocycles. The van der Waals surface area contributed by atoms with Crippen LogP contribution in [-0.2, 0) is 4.79 Å². The molecule has 0 saturated heterocycles. The molecular formula is C10H15N3O. The van der Waals surface area contributed by atoms with Gasteiger partial charge in [-0.3, -0.25) is 4.79 Å². The average Bonchev–Trinajstić information content (AvgIpc) is 2.20. The van der Waals surface area contributed by atoms with Crippen molar-refractivity contribution in [3.05, 3.63) is 18.3 Å². The van der Waals surface area contributed by atoms with E-state index in [0.717, 1.165) is 6.42 Å². The normalized spacial score (nSPS) is 12.1. The number of nitrogens with zero attached hydrogens (tertiary/aromatic N) is 1. The van der Waals surface area contributed by atoms with E-state index in [4.69, 9.17) is 5.73 Å². The summed E-state index contributed by atoms with van der Waals surface area (Å²) in [5.41, 5.74) is 6.06. The fourth-order valence-corrected chi connectivity index (χ4v) is 0.914. The molecule has 1 amide bonds. The van der Waals surface area contributed by atoms with Gasteiger partial charge in [-0.1, -0.05) is 13.8 Å². The van der Waals surface area contributed by atoms with Crippen LogP contribution in [0.5, 0.6) is 0 Å².